The Morgan fingerprint density at radius 2 is 1.85 bits per heavy atom. The number of halogens is 2. The number of rotatable bonds is 6. The van der Waals surface area contributed by atoms with E-state index >= 15 is 0 Å². The summed E-state index contributed by atoms with van der Waals surface area (Å²) in [5, 5.41) is -0.289. The van der Waals surface area contributed by atoms with Crippen LogP contribution in [0, 0.1) is 0 Å². The van der Waals surface area contributed by atoms with Gasteiger partial charge >= 0.3 is 5.97 Å². The van der Waals surface area contributed by atoms with Crippen molar-refractivity contribution >= 4 is 68.3 Å². The summed E-state index contributed by atoms with van der Waals surface area (Å²) in [7, 11) is 1.26. The van der Waals surface area contributed by atoms with E-state index in [4.69, 9.17) is 20.8 Å². The summed E-state index contributed by atoms with van der Waals surface area (Å²) in [6, 6.07) is 14.7. The Bertz CT molecular complexity index is 1350. The van der Waals surface area contributed by atoms with Crippen molar-refractivity contribution in [1.82, 2.24) is 4.90 Å². The summed E-state index contributed by atoms with van der Waals surface area (Å²) in [6.07, 6.45) is 1.44. The minimum absolute atomic E-state index is 0.140. The second kappa shape index (κ2) is 10.0. The highest BCUT2D eigenvalue weighted by atomic mass is 79.9. The number of methoxy groups -OCH3 is 1. The Morgan fingerprint density at radius 1 is 1.12 bits per heavy atom. The molecule has 0 N–H and O–H groups in total. The molecule has 4 rings (SSSR count). The van der Waals surface area contributed by atoms with Gasteiger partial charge in [-0.2, -0.15) is 0 Å². The van der Waals surface area contributed by atoms with Crippen molar-refractivity contribution in [2.24, 2.45) is 0 Å². The SMILES string of the molecule is COC(=O)c1cc(-c2ccc(/C=C3/SC(=O)N(CC(=O)c4ccc(Br)cc4)C3=O)o2)ccc1Cl. The van der Waals surface area contributed by atoms with Gasteiger partial charge in [-0.25, -0.2) is 4.79 Å². The van der Waals surface area contributed by atoms with Crippen LogP contribution in [0.25, 0.3) is 17.4 Å². The van der Waals surface area contributed by atoms with Gasteiger partial charge in [0.2, 0.25) is 0 Å². The largest absolute Gasteiger partial charge is 0.465 e. The normalized spacial score (nSPS) is 14.7. The first-order valence-electron chi connectivity index (χ1n) is 9.79. The number of hydrogen-bond acceptors (Lipinski definition) is 7. The number of ether oxygens (including phenoxy) is 1. The molecule has 1 fully saturated rings. The first-order valence-corrected chi connectivity index (χ1v) is 11.8. The predicted octanol–water partition coefficient (Wildman–Crippen LogP) is 6.07. The van der Waals surface area contributed by atoms with Gasteiger partial charge in [0.15, 0.2) is 5.78 Å². The molecule has 0 atom stereocenters. The van der Waals surface area contributed by atoms with Crippen LogP contribution in [0.2, 0.25) is 5.02 Å². The summed E-state index contributed by atoms with van der Waals surface area (Å²) < 4.78 is 11.3. The maximum atomic E-state index is 12.8. The van der Waals surface area contributed by atoms with E-state index in [-0.39, 0.29) is 27.8 Å². The number of hydrogen-bond donors (Lipinski definition) is 0. The zero-order chi connectivity index (χ0) is 24.4. The number of thioether (sulfide) groups is 1. The Hall–Kier alpha value is -3.14. The monoisotopic (exact) mass is 559 g/mol. The van der Waals surface area contributed by atoms with E-state index < -0.39 is 17.1 Å². The topological polar surface area (TPSA) is 93.9 Å². The number of benzene rings is 2. The van der Waals surface area contributed by atoms with Crippen LogP contribution in [0.1, 0.15) is 26.5 Å². The third-order valence-electron chi connectivity index (χ3n) is 4.90. The van der Waals surface area contributed by atoms with Gasteiger partial charge in [0, 0.05) is 21.7 Å². The van der Waals surface area contributed by atoms with Gasteiger partial charge in [-0.05, 0) is 54.2 Å². The van der Waals surface area contributed by atoms with Gasteiger partial charge in [0.05, 0.1) is 29.1 Å². The molecule has 7 nitrogen and oxygen atoms in total. The van der Waals surface area contributed by atoms with Crippen molar-refractivity contribution in [1.29, 1.82) is 0 Å². The molecule has 10 heteroatoms. The van der Waals surface area contributed by atoms with E-state index in [0.29, 0.717) is 22.6 Å². The number of nitrogens with zero attached hydrogens (tertiary/aromatic N) is 1. The number of carbonyl (C=O) groups is 4. The van der Waals surface area contributed by atoms with Crippen molar-refractivity contribution < 1.29 is 28.3 Å². The third kappa shape index (κ3) is 5.01. The van der Waals surface area contributed by atoms with E-state index in [2.05, 4.69) is 15.9 Å². The number of furan rings is 1. The zero-order valence-electron chi connectivity index (χ0n) is 17.5. The number of Topliss-reactive ketones (excluding diaryl/α,β-unsaturated/α-hetero) is 1. The zero-order valence-corrected chi connectivity index (χ0v) is 20.7. The van der Waals surface area contributed by atoms with E-state index in [1.165, 1.54) is 13.2 Å². The summed E-state index contributed by atoms with van der Waals surface area (Å²) in [4.78, 5) is 50.6. The van der Waals surface area contributed by atoms with Crippen LogP contribution in [0.5, 0.6) is 0 Å². The Morgan fingerprint density at radius 3 is 2.56 bits per heavy atom. The summed E-state index contributed by atoms with van der Waals surface area (Å²) in [5.41, 5.74) is 1.17. The molecular weight excluding hydrogens is 546 g/mol. The smallest absolute Gasteiger partial charge is 0.339 e. The summed E-state index contributed by atoms with van der Waals surface area (Å²) in [6.45, 7) is -0.353. The Labute approximate surface area is 211 Å². The average Bonchev–Trinajstić information content (AvgIpc) is 3.39. The Kier molecular flexibility index (Phi) is 7.06. The number of amides is 2. The first kappa shape index (κ1) is 24.0. The molecule has 34 heavy (non-hydrogen) atoms. The molecule has 2 amide bonds. The van der Waals surface area contributed by atoms with Crippen molar-refractivity contribution in [3.8, 4) is 11.3 Å². The average molecular weight is 561 g/mol. The van der Waals surface area contributed by atoms with Crippen molar-refractivity contribution in [2.45, 2.75) is 0 Å². The second-order valence-electron chi connectivity index (χ2n) is 7.09. The quantitative estimate of drug-likeness (QED) is 0.205. The van der Waals surface area contributed by atoms with Gasteiger partial charge in [-0.1, -0.05) is 39.7 Å². The lowest BCUT2D eigenvalue weighted by molar-refractivity contribution is -0.122. The van der Waals surface area contributed by atoms with Crippen LogP contribution >= 0.6 is 39.3 Å². The summed E-state index contributed by atoms with van der Waals surface area (Å²) >= 11 is 10.1. The van der Waals surface area contributed by atoms with Crippen LogP contribution in [0.4, 0.5) is 4.79 Å². The third-order valence-corrected chi connectivity index (χ3v) is 6.66. The van der Waals surface area contributed by atoms with Gasteiger partial charge in [-0.3, -0.25) is 19.3 Å². The number of ketones is 1. The van der Waals surface area contributed by atoms with Crippen LogP contribution in [0.3, 0.4) is 0 Å². The highest BCUT2D eigenvalue weighted by Gasteiger charge is 2.36. The number of carbonyl (C=O) groups excluding carboxylic acids is 4. The van der Waals surface area contributed by atoms with Gasteiger partial charge < -0.3 is 9.15 Å². The van der Waals surface area contributed by atoms with Crippen LogP contribution in [-0.4, -0.2) is 41.5 Å². The van der Waals surface area contributed by atoms with Gasteiger partial charge in [0.1, 0.15) is 11.5 Å². The molecule has 172 valence electrons. The maximum absolute atomic E-state index is 12.8. The molecule has 1 aliphatic heterocycles. The molecule has 0 unspecified atom stereocenters. The predicted molar refractivity (Wildman–Crippen MR) is 132 cm³/mol. The first-order chi connectivity index (χ1) is 16.3. The molecular formula is C24H15BrClNO6S. The molecule has 0 bridgehead atoms. The van der Waals surface area contributed by atoms with E-state index in [1.807, 2.05) is 0 Å². The van der Waals surface area contributed by atoms with Crippen molar-refractivity contribution in [2.75, 3.05) is 13.7 Å². The lowest BCUT2D eigenvalue weighted by Crippen LogP contribution is -2.33. The molecule has 0 saturated carbocycles. The number of esters is 1. The van der Waals surface area contributed by atoms with Gasteiger partial charge in [0.25, 0.3) is 11.1 Å². The molecule has 2 aromatic carbocycles. The van der Waals surface area contributed by atoms with Crippen LogP contribution in [0.15, 0.2) is 68.4 Å². The molecule has 2 heterocycles. The van der Waals surface area contributed by atoms with Crippen molar-refractivity contribution in [3.63, 3.8) is 0 Å². The summed E-state index contributed by atoms with van der Waals surface area (Å²) in [5.74, 6) is -0.740. The fraction of sp³-hybridized carbons (Fsp3) is 0.0833. The Balaban J connectivity index is 1.52. The minimum atomic E-state index is -0.579. The fourth-order valence-corrected chi connectivity index (χ4v) is 4.44. The maximum Gasteiger partial charge on any atom is 0.339 e. The van der Waals surface area contributed by atoms with E-state index in [1.54, 1.807) is 54.6 Å². The van der Waals surface area contributed by atoms with Gasteiger partial charge in [-0.15, -0.1) is 0 Å². The second-order valence-corrected chi connectivity index (χ2v) is 9.40. The van der Waals surface area contributed by atoms with Crippen molar-refractivity contribution in [3.05, 3.63) is 85.9 Å². The lowest BCUT2D eigenvalue weighted by Gasteiger charge is -2.11. The molecule has 0 radical (unpaired) electrons. The van der Waals surface area contributed by atoms with E-state index in [9.17, 15) is 19.2 Å². The molecule has 0 spiro atoms. The highest BCUT2D eigenvalue weighted by molar-refractivity contribution is 9.10. The van der Waals surface area contributed by atoms with E-state index in [0.717, 1.165) is 21.1 Å². The highest BCUT2D eigenvalue weighted by Crippen LogP contribution is 2.34. The van der Waals surface area contributed by atoms with Crippen LogP contribution < -0.4 is 0 Å². The standard InChI is InChI=1S/C24H15BrClNO6S/c1-32-23(30)17-10-14(4-8-18(17)26)20-9-7-16(33-20)11-21-22(29)27(24(31)34-21)12-19(28)13-2-5-15(25)6-3-13/h2-11H,12H2,1H3/b21-11+. The fourth-order valence-electron chi connectivity index (χ4n) is 3.17. The number of imide groups is 1. The molecule has 1 aromatic heterocycles. The molecule has 1 saturated heterocycles. The lowest BCUT2D eigenvalue weighted by atomic mass is 10.1. The van der Waals surface area contributed by atoms with Crippen LogP contribution in [-0.2, 0) is 9.53 Å². The molecule has 3 aromatic rings. The molecule has 0 aliphatic carbocycles. The minimum Gasteiger partial charge on any atom is -0.465 e. The molecule has 1 aliphatic rings.